The molecule has 4 nitrogen and oxygen atoms in total. The van der Waals surface area contributed by atoms with Crippen LogP contribution in [0, 0.1) is 0 Å². The van der Waals surface area contributed by atoms with Crippen LogP contribution in [0.25, 0.3) is 0 Å². The van der Waals surface area contributed by atoms with E-state index in [-0.39, 0.29) is 18.0 Å². The molecule has 0 bridgehead atoms. The lowest BCUT2D eigenvalue weighted by atomic mass is 10.1. The number of rotatable bonds is 5. The van der Waals surface area contributed by atoms with Crippen molar-refractivity contribution in [1.29, 1.82) is 0 Å². The number of hydrogen-bond acceptors (Lipinski definition) is 3. The highest BCUT2D eigenvalue weighted by Gasteiger charge is 2.39. The molecule has 0 saturated carbocycles. The van der Waals surface area contributed by atoms with E-state index in [0.29, 0.717) is 0 Å². The molecule has 0 unspecified atom stereocenters. The van der Waals surface area contributed by atoms with Crippen molar-refractivity contribution in [1.82, 2.24) is 4.31 Å². The van der Waals surface area contributed by atoms with Gasteiger partial charge in [-0.1, -0.05) is 26.0 Å². The summed E-state index contributed by atoms with van der Waals surface area (Å²) in [7, 11) is -3.89. The molecule has 0 aliphatic carbocycles. The molecule has 0 aliphatic heterocycles. The zero-order valence-electron chi connectivity index (χ0n) is 10.9. The van der Waals surface area contributed by atoms with Crippen LogP contribution < -0.4 is 0 Å². The lowest BCUT2D eigenvalue weighted by Gasteiger charge is -2.18. The molecule has 0 heterocycles. The van der Waals surface area contributed by atoms with E-state index in [9.17, 15) is 26.4 Å². The Morgan fingerprint density at radius 2 is 1.75 bits per heavy atom. The number of carbonyl (C=O) groups is 1. The Bertz CT molecular complexity index is 592. The third-order valence-corrected chi connectivity index (χ3v) is 4.74. The molecular weight excluding hydrogens is 295 g/mol. The highest BCUT2D eigenvalue weighted by molar-refractivity contribution is 7.89. The van der Waals surface area contributed by atoms with Gasteiger partial charge in [0.15, 0.2) is 0 Å². The van der Waals surface area contributed by atoms with Gasteiger partial charge in [-0.25, -0.2) is 8.42 Å². The number of alkyl halides is 3. The fraction of sp³-hybridized carbons (Fsp3) is 0.417. The Kier molecular flexibility index (Phi) is 4.93. The molecule has 20 heavy (non-hydrogen) atoms. The first kappa shape index (κ1) is 16.6. The molecule has 0 fully saturated rings. The first-order chi connectivity index (χ1) is 9.14. The van der Waals surface area contributed by atoms with Gasteiger partial charge >= 0.3 is 6.18 Å². The summed E-state index contributed by atoms with van der Waals surface area (Å²) in [5.41, 5.74) is -0.689. The molecular formula is C12H14F3NO3S. The molecule has 0 N–H and O–H groups in total. The second-order valence-electron chi connectivity index (χ2n) is 3.94. The van der Waals surface area contributed by atoms with E-state index in [1.165, 1.54) is 6.07 Å². The van der Waals surface area contributed by atoms with Crippen LogP contribution in [0.15, 0.2) is 29.2 Å². The number of benzene rings is 1. The van der Waals surface area contributed by atoms with Gasteiger partial charge in [0.25, 0.3) is 5.78 Å². The standard InChI is InChI=1S/C12H14F3NO3S/c1-3-16(4-2)20(18,19)10-7-5-6-9(8-10)11(17)12(13,14)15/h5-8H,3-4H2,1-2H3. The van der Waals surface area contributed by atoms with Gasteiger partial charge in [-0.3, -0.25) is 4.79 Å². The highest BCUT2D eigenvalue weighted by Crippen LogP contribution is 2.24. The first-order valence-corrected chi connectivity index (χ1v) is 7.30. The van der Waals surface area contributed by atoms with E-state index in [1.807, 2.05) is 0 Å². The number of ketones is 1. The van der Waals surface area contributed by atoms with E-state index in [0.717, 1.165) is 22.5 Å². The minimum absolute atomic E-state index is 0.191. The van der Waals surface area contributed by atoms with Gasteiger partial charge < -0.3 is 0 Å². The van der Waals surface area contributed by atoms with Gasteiger partial charge in [-0.05, 0) is 12.1 Å². The van der Waals surface area contributed by atoms with Gasteiger partial charge in [0, 0.05) is 18.7 Å². The van der Waals surface area contributed by atoms with Crippen LogP contribution in [0.3, 0.4) is 0 Å². The Morgan fingerprint density at radius 3 is 2.20 bits per heavy atom. The zero-order chi connectivity index (χ0) is 15.6. The fourth-order valence-corrected chi connectivity index (χ4v) is 3.18. The first-order valence-electron chi connectivity index (χ1n) is 5.86. The van der Waals surface area contributed by atoms with Crippen molar-refractivity contribution in [3.05, 3.63) is 29.8 Å². The molecule has 112 valence electrons. The highest BCUT2D eigenvalue weighted by atomic mass is 32.2. The number of hydrogen-bond donors (Lipinski definition) is 0. The van der Waals surface area contributed by atoms with Gasteiger partial charge in [0.05, 0.1) is 4.90 Å². The van der Waals surface area contributed by atoms with E-state index < -0.39 is 27.5 Å². The third kappa shape index (κ3) is 3.37. The summed E-state index contributed by atoms with van der Waals surface area (Å²) in [6, 6.07) is 3.98. The van der Waals surface area contributed by atoms with Crippen molar-refractivity contribution in [3.8, 4) is 0 Å². The molecule has 0 aliphatic rings. The van der Waals surface area contributed by atoms with Crippen LogP contribution in [0.1, 0.15) is 24.2 Å². The lowest BCUT2D eigenvalue weighted by Crippen LogP contribution is -2.31. The third-order valence-electron chi connectivity index (χ3n) is 2.70. The summed E-state index contributed by atoms with van der Waals surface area (Å²) >= 11 is 0. The second-order valence-corrected chi connectivity index (χ2v) is 5.88. The lowest BCUT2D eigenvalue weighted by molar-refractivity contribution is -0.0885. The smallest absolute Gasteiger partial charge is 0.284 e. The molecule has 0 spiro atoms. The largest absolute Gasteiger partial charge is 0.454 e. The maximum atomic E-state index is 12.3. The predicted molar refractivity (Wildman–Crippen MR) is 66.9 cm³/mol. The van der Waals surface area contributed by atoms with Crippen LogP contribution in [0.2, 0.25) is 0 Å². The van der Waals surface area contributed by atoms with Crippen LogP contribution in [-0.2, 0) is 10.0 Å². The van der Waals surface area contributed by atoms with Gasteiger partial charge in [-0.2, -0.15) is 17.5 Å². The number of halogens is 3. The minimum Gasteiger partial charge on any atom is -0.284 e. The molecule has 8 heteroatoms. The van der Waals surface area contributed by atoms with Crippen LogP contribution in [-0.4, -0.2) is 37.8 Å². The number of nitrogens with zero attached hydrogens (tertiary/aromatic N) is 1. The quantitative estimate of drug-likeness (QED) is 0.785. The second kappa shape index (κ2) is 5.92. The fourth-order valence-electron chi connectivity index (χ4n) is 1.67. The van der Waals surface area contributed by atoms with Crippen molar-refractivity contribution >= 4 is 15.8 Å². The summed E-state index contributed by atoms with van der Waals surface area (Å²) in [5.74, 6) is -2.06. The van der Waals surface area contributed by atoms with Crippen molar-refractivity contribution < 1.29 is 26.4 Å². The van der Waals surface area contributed by atoms with E-state index in [2.05, 4.69) is 0 Å². The summed E-state index contributed by atoms with van der Waals surface area (Å²) in [6.07, 6.45) is -5.03. The normalized spacial score (nSPS) is 12.7. The maximum absolute atomic E-state index is 12.3. The SMILES string of the molecule is CCN(CC)S(=O)(=O)c1cccc(C(=O)C(F)(F)F)c1. The zero-order valence-corrected chi connectivity index (χ0v) is 11.8. The molecule has 0 saturated heterocycles. The van der Waals surface area contributed by atoms with Crippen molar-refractivity contribution in [3.63, 3.8) is 0 Å². The van der Waals surface area contributed by atoms with E-state index in [1.54, 1.807) is 13.8 Å². The number of carbonyl (C=O) groups excluding carboxylic acids is 1. The van der Waals surface area contributed by atoms with E-state index >= 15 is 0 Å². The van der Waals surface area contributed by atoms with Crippen molar-refractivity contribution in [2.24, 2.45) is 0 Å². The molecule has 1 rings (SSSR count). The Balaban J connectivity index is 3.27. The topological polar surface area (TPSA) is 54.5 Å². The average molecular weight is 309 g/mol. The molecule has 0 amide bonds. The Labute approximate surface area is 115 Å². The van der Waals surface area contributed by atoms with Gasteiger partial charge in [0.2, 0.25) is 10.0 Å². The van der Waals surface area contributed by atoms with Gasteiger partial charge in [-0.15, -0.1) is 0 Å². The number of Topliss-reactive ketones (excluding diaryl/α,β-unsaturated/α-hetero) is 1. The Hall–Kier alpha value is -1.41. The summed E-state index contributed by atoms with van der Waals surface area (Å²) in [6.45, 7) is 3.62. The molecule has 0 aromatic heterocycles. The molecule has 1 aromatic carbocycles. The monoisotopic (exact) mass is 309 g/mol. The summed E-state index contributed by atoms with van der Waals surface area (Å²) in [5, 5.41) is 0. The van der Waals surface area contributed by atoms with Crippen molar-refractivity contribution in [2.45, 2.75) is 24.9 Å². The van der Waals surface area contributed by atoms with Crippen LogP contribution >= 0.6 is 0 Å². The molecule has 1 aromatic rings. The Morgan fingerprint density at radius 1 is 1.20 bits per heavy atom. The molecule has 0 radical (unpaired) electrons. The number of sulfonamides is 1. The molecule has 0 atom stereocenters. The summed E-state index contributed by atoms with van der Waals surface area (Å²) in [4.78, 5) is 10.8. The predicted octanol–water partition coefficient (Wildman–Crippen LogP) is 2.46. The minimum atomic E-state index is -5.03. The summed E-state index contributed by atoms with van der Waals surface area (Å²) < 4.78 is 62.4. The van der Waals surface area contributed by atoms with Crippen LogP contribution in [0.4, 0.5) is 13.2 Å². The van der Waals surface area contributed by atoms with Crippen molar-refractivity contribution in [2.75, 3.05) is 13.1 Å². The van der Waals surface area contributed by atoms with Gasteiger partial charge in [0.1, 0.15) is 0 Å². The average Bonchev–Trinajstić information content (AvgIpc) is 2.38. The van der Waals surface area contributed by atoms with Crippen LogP contribution in [0.5, 0.6) is 0 Å². The van der Waals surface area contributed by atoms with E-state index in [4.69, 9.17) is 0 Å². The maximum Gasteiger partial charge on any atom is 0.454 e.